The van der Waals surface area contributed by atoms with Crippen LogP contribution in [0, 0.1) is 0 Å². The van der Waals surface area contributed by atoms with Crippen molar-refractivity contribution >= 4 is 0 Å². The molecule has 86 valence electrons. The van der Waals surface area contributed by atoms with E-state index in [9.17, 15) is 0 Å². The van der Waals surface area contributed by atoms with Crippen molar-refractivity contribution in [3.63, 3.8) is 0 Å². The van der Waals surface area contributed by atoms with Gasteiger partial charge in [-0.25, -0.2) is 0 Å². The lowest BCUT2D eigenvalue weighted by molar-refractivity contribution is 0.353. The molecule has 0 rings (SSSR count). The van der Waals surface area contributed by atoms with E-state index in [0.717, 1.165) is 0 Å². The van der Waals surface area contributed by atoms with E-state index in [2.05, 4.69) is 25.8 Å². The minimum atomic E-state index is 1.17. The predicted octanol–water partition coefficient (Wildman–Crippen LogP) is 4.43. The molecule has 0 aliphatic heterocycles. The molecule has 0 atom stereocenters. The highest BCUT2D eigenvalue weighted by atomic mass is 15.1. The Kier molecular flexibility index (Phi) is 71.8. The topological polar surface area (TPSA) is 3.24 Å². The van der Waals surface area contributed by atoms with Gasteiger partial charge in [-0.3, -0.25) is 0 Å². The smallest absolute Gasteiger partial charge is 0.00245 e. The first-order valence-electron chi connectivity index (χ1n) is 5.99. The molecule has 0 amide bonds. The summed E-state index contributed by atoms with van der Waals surface area (Å²) in [7, 11) is 2.14. The van der Waals surface area contributed by atoms with Crippen LogP contribution >= 0.6 is 0 Å². The molecule has 0 aliphatic carbocycles. The van der Waals surface area contributed by atoms with Crippen molar-refractivity contribution in [3.05, 3.63) is 0 Å². The fourth-order valence-electron chi connectivity index (χ4n) is 0.540. The summed E-state index contributed by atoms with van der Waals surface area (Å²) in [4.78, 5) is 2.31. The molecule has 1 nitrogen and oxygen atoms in total. The average molecular weight is 191 g/mol. The molecule has 0 aromatic carbocycles. The van der Waals surface area contributed by atoms with Crippen LogP contribution in [0.5, 0.6) is 0 Å². The fourth-order valence-corrected chi connectivity index (χ4v) is 0.540. The molecule has 0 heterocycles. The second kappa shape index (κ2) is 40.4. The Labute approximate surface area is 87.5 Å². The zero-order valence-corrected chi connectivity index (χ0v) is 11.6. The summed E-state index contributed by atoms with van der Waals surface area (Å²) in [6.45, 7) is 18.8. The quantitative estimate of drug-likeness (QED) is 0.638. The van der Waals surface area contributed by atoms with Crippen LogP contribution in [-0.4, -0.2) is 25.0 Å². The van der Waals surface area contributed by atoms with Crippen LogP contribution in [0.4, 0.5) is 0 Å². The molecule has 0 aromatic rings. The summed E-state index contributed by atoms with van der Waals surface area (Å²) in [5, 5.41) is 0. The van der Waals surface area contributed by atoms with Crippen LogP contribution < -0.4 is 0 Å². The molecule has 0 N–H and O–H groups in total. The van der Waals surface area contributed by atoms with Crippen LogP contribution in [0.25, 0.3) is 0 Å². The van der Waals surface area contributed by atoms with Crippen molar-refractivity contribution in [1.29, 1.82) is 0 Å². The highest BCUT2D eigenvalue weighted by Gasteiger charge is 1.86. The number of hydrogen-bond acceptors (Lipinski definition) is 1. The van der Waals surface area contributed by atoms with Gasteiger partial charge in [0.05, 0.1) is 0 Å². The molecule has 0 radical (unpaired) electrons. The van der Waals surface area contributed by atoms with Crippen molar-refractivity contribution < 1.29 is 0 Å². The van der Waals surface area contributed by atoms with Gasteiger partial charge >= 0.3 is 0 Å². The molecule has 0 saturated carbocycles. The second-order valence-electron chi connectivity index (χ2n) is 1.90. The van der Waals surface area contributed by atoms with Gasteiger partial charge in [0, 0.05) is 0 Å². The van der Waals surface area contributed by atoms with Crippen LogP contribution in [0.15, 0.2) is 0 Å². The van der Waals surface area contributed by atoms with Gasteiger partial charge < -0.3 is 4.90 Å². The summed E-state index contributed by atoms with van der Waals surface area (Å²) in [5.74, 6) is 0. The Morgan fingerprint density at radius 1 is 0.769 bits per heavy atom. The molecule has 13 heavy (non-hydrogen) atoms. The van der Waals surface area contributed by atoms with Crippen molar-refractivity contribution in [2.45, 2.75) is 61.8 Å². The highest BCUT2D eigenvalue weighted by molar-refractivity contribution is 4.41. The lowest BCUT2D eigenvalue weighted by Gasteiger charge is -2.10. The second-order valence-corrected chi connectivity index (χ2v) is 1.90. The van der Waals surface area contributed by atoms with Gasteiger partial charge in [-0.2, -0.15) is 0 Å². The van der Waals surface area contributed by atoms with E-state index in [-0.39, 0.29) is 0 Å². The molecular weight excluding hydrogens is 158 g/mol. The summed E-state index contributed by atoms with van der Waals surface area (Å²) < 4.78 is 0. The molecule has 0 saturated heterocycles. The van der Waals surface area contributed by atoms with E-state index in [1.54, 1.807) is 0 Å². The highest BCUT2D eigenvalue weighted by Crippen LogP contribution is 1.82. The summed E-state index contributed by atoms with van der Waals surface area (Å²) in [6.07, 6.45) is 1.27. The molecule has 0 aliphatic rings. The SMILES string of the molecule is CC.CC.CC.CCCN(C)CC. The standard InChI is InChI=1S/C6H15N.3C2H6/c1-4-6-7(3)5-2;3*1-2/h4-6H2,1-3H3;3*1-2H3. The van der Waals surface area contributed by atoms with E-state index >= 15 is 0 Å². The average Bonchev–Trinajstić information content (AvgIpc) is 2.27. The fraction of sp³-hybridized carbons (Fsp3) is 1.00. The third-order valence-corrected chi connectivity index (χ3v) is 1.15. The van der Waals surface area contributed by atoms with E-state index < -0.39 is 0 Å². The van der Waals surface area contributed by atoms with Crippen molar-refractivity contribution in [2.24, 2.45) is 0 Å². The first-order valence-corrected chi connectivity index (χ1v) is 5.99. The maximum atomic E-state index is 2.31. The van der Waals surface area contributed by atoms with Gasteiger partial charge in [0.1, 0.15) is 0 Å². The summed E-state index contributed by atoms with van der Waals surface area (Å²) >= 11 is 0. The van der Waals surface area contributed by atoms with Crippen molar-refractivity contribution in [3.8, 4) is 0 Å². The first-order chi connectivity index (χ1) is 6.31. The van der Waals surface area contributed by atoms with E-state index in [1.807, 2.05) is 41.5 Å². The minimum absolute atomic E-state index is 1.17. The molecule has 0 aromatic heterocycles. The first kappa shape index (κ1) is 23.1. The van der Waals surface area contributed by atoms with E-state index in [1.165, 1.54) is 19.5 Å². The minimum Gasteiger partial charge on any atom is -0.307 e. The molecular formula is C12H33N. The van der Waals surface area contributed by atoms with Gasteiger partial charge in [0.15, 0.2) is 0 Å². The van der Waals surface area contributed by atoms with Gasteiger partial charge in [0.25, 0.3) is 0 Å². The monoisotopic (exact) mass is 191 g/mol. The zero-order chi connectivity index (χ0) is 11.7. The van der Waals surface area contributed by atoms with Gasteiger partial charge in [0.2, 0.25) is 0 Å². The van der Waals surface area contributed by atoms with Crippen molar-refractivity contribution in [1.82, 2.24) is 4.90 Å². The lowest BCUT2D eigenvalue weighted by Crippen LogP contribution is -2.17. The largest absolute Gasteiger partial charge is 0.307 e. The third-order valence-electron chi connectivity index (χ3n) is 1.15. The lowest BCUT2D eigenvalue weighted by atomic mass is 10.4. The van der Waals surface area contributed by atoms with Crippen molar-refractivity contribution in [2.75, 3.05) is 20.1 Å². The Hall–Kier alpha value is -0.0400. The predicted molar refractivity (Wildman–Crippen MR) is 67.5 cm³/mol. The molecule has 0 bridgehead atoms. The Balaban J connectivity index is -0.0000000573. The van der Waals surface area contributed by atoms with Crippen LogP contribution in [0.2, 0.25) is 0 Å². The zero-order valence-electron chi connectivity index (χ0n) is 11.6. The number of nitrogens with zero attached hydrogens (tertiary/aromatic N) is 1. The van der Waals surface area contributed by atoms with Gasteiger partial charge in [-0.1, -0.05) is 55.4 Å². The number of hydrogen-bond donors (Lipinski definition) is 0. The molecule has 0 spiro atoms. The Morgan fingerprint density at radius 3 is 1.15 bits per heavy atom. The number of rotatable bonds is 3. The molecule has 0 fully saturated rings. The summed E-state index contributed by atoms with van der Waals surface area (Å²) in [6, 6.07) is 0. The van der Waals surface area contributed by atoms with Crippen LogP contribution in [0.3, 0.4) is 0 Å². The molecule has 1 heteroatoms. The van der Waals surface area contributed by atoms with Crippen LogP contribution in [-0.2, 0) is 0 Å². The maximum absolute atomic E-state index is 2.31. The Bertz CT molecular complexity index is 36.1. The maximum Gasteiger partial charge on any atom is -0.00245 e. The Morgan fingerprint density at radius 2 is 1.08 bits per heavy atom. The van der Waals surface area contributed by atoms with Gasteiger partial charge in [-0.05, 0) is 26.6 Å². The normalized spacial score (nSPS) is 6.92. The van der Waals surface area contributed by atoms with Crippen LogP contribution in [0.1, 0.15) is 61.8 Å². The van der Waals surface area contributed by atoms with Gasteiger partial charge in [-0.15, -0.1) is 0 Å². The van der Waals surface area contributed by atoms with E-state index in [0.29, 0.717) is 0 Å². The third kappa shape index (κ3) is 48.2. The molecule has 0 unspecified atom stereocenters. The summed E-state index contributed by atoms with van der Waals surface area (Å²) in [5.41, 5.74) is 0. The van der Waals surface area contributed by atoms with E-state index in [4.69, 9.17) is 0 Å².